The van der Waals surface area contributed by atoms with Crippen molar-refractivity contribution in [1.82, 2.24) is 10.2 Å². The van der Waals surface area contributed by atoms with Gasteiger partial charge in [-0.2, -0.15) is 5.10 Å². The van der Waals surface area contributed by atoms with Crippen LogP contribution < -0.4 is 0 Å². The molecule has 0 amide bonds. The molecule has 0 aliphatic carbocycles. The quantitative estimate of drug-likeness (QED) is 0.676. The van der Waals surface area contributed by atoms with E-state index in [1.807, 2.05) is 13.0 Å². The molecule has 0 unspecified atom stereocenters. The minimum Gasteiger partial charge on any atom is -0.278 e. The van der Waals surface area contributed by atoms with Gasteiger partial charge in [-0.25, -0.2) is 0 Å². The van der Waals surface area contributed by atoms with E-state index in [1.54, 1.807) is 18.3 Å². The Kier molecular flexibility index (Phi) is 2.64. The maximum atomic E-state index is 3.92. The molecule has 2 heteroatoms. The zero-order valence-electron chi connectivity index (χ0n) is 7.17. The van der Waals surface area contributed by atoms with Crippen molar-refractivity contribution in [1.29, 1.82) is 0 Å². The second-order valence-corrected chi connectivity index (χ2v) is 2.49. The van der Waals surface area contributed by atoms with Crippen molar-refractivity contribution >= 4 is 11.6 Å². The Morgan fingerprint density at radius 3 is 2.92 bits per heavy atom. The smallest absolute Gasteiger partial charge is 0.0647 e. The zero-order chi connectivity index (χ0) is 8.97. The minimum atomic E-state index is 0.950. The predicted molar refractivity (Wildman–Crippen MR) is 52.5 cm³/mol. The third-order valence-electron chi connectivity index (χ3n) is 1.67. The molecule has 0 saturated heterocycles. The number of nitrogens with one attached hydrogen (secondary N) is 1. The summed E-state index contributed by atoms with van der Waals surface area (Å²) < 4.78 is 0. The summed E-state index contributed by atoms with van der Waals surface area (Å²) in [6.45, 7) is 9.33. The van der Waals surface area contributed by atoms with Crippen molar-refractivity contribution < 1.29 is 0 Å². The molecular formula is C10H12N2. The number of H-pyrrole nitrogens is 1. The number of hydrogen-bond donors (Lipinski definition) is 1. The number of hydrogen-bond acceptors (Lipinski definition) is 1. The molecule has 1 aromatic heterocycles. The van der Waals surface area contributed by atoms with E-state index in [9.17, 15) is 0 Å². The maximum Gasteiger partial charge on any atom is 0.0647 e. The first-order valence-electron chi connectivity index (χ1n) is 3.75. The summed E-state index contributed by atoms with van der Waals surface area (Å²) in [6.07, 6.45) is 7.24. The Labute approximate surface area is 72.3 Å². The summed E-state index contributed by atoms with van der Waals surface area (Å²) in [4.78, 5) is 0. The molecule has 0 aliphatic rings. The van der Waals surface area contributed by atoms with E-state index in [2.05, 4.69) is 23.4 Å². The zero-order valence-corrected chi connectivity index (χ0v) is 7.17. The fourth-order valence-corrected chi connectivity index (χ4v) is 1.03. The topological polar surface area (TPSA) is 28.7 Å². The minimum absolute atomic E-state index is 0.950. The van der Waals surface area contributed by atoms with Crippen LogP contribution in [0, 0.1) is 0 Å². The molecule has 0 spiro atoms. The first-order chi connectivity index (χ1) is 5.79. The van der Waals surface area contributed by atoms with Crippen LogP contribution in [0.2, 0.25) is 0 Å². The molecular weight excluding hydrogens is 148 g/mol. The lowest BCUT2D eigenvalue weighted by Crippen LogP contribution is -1.79. The van der Waals surface area contributed by atoms with Crippen LogP contribution in [-0.2, 0) is 0 Å². The van der Waals surface area contributed by atoms with Gasteiger partial charge < -0.3 is 0 Å². The van der Waals surface area contributed by atoms with Crippen LogP contribution in [0.15, 0.2) is 31.5 Å². The summed E-state index contributed by atoms with van der Waals surface area (Å²) in [5.74, 6) is 0. The van der Waals surface area contributed by atoms with Crippen molar-refractivity contribution in [2.45, 2.75) is 6.92 Å². The van der Waals surface area contributed by atoms with Crippen molar-refractivity contribution in [2.75, 3.05) is 0 Å². The fraction of sp³-hybridized carbons (Fsp3) is 0.100. The number of nitrogens with zero attached hydrogens (tertiary/aromatic N) is 1. The summed E-state index contributed by atoms with van der Waals surface area (Å²) in [6, 6.07) is 0. The van der Waals surface area contributed by atoms with Crippen LogP contribution in [-0.4, -0.2) is 10.2 Å². The van der Waals surface area contributed by atoms with E-state index >= 15 is 0 Å². The van der Waals surface area contributed by atoms with E-state index in [4.69, 9.17) is 0 Å². The maximum absolute atomic E-state index is 3.92. The Hall–Kier alpha value is -1.57. The van der Waals surface area contributed by atoms with Crippen molar-refractivity contribution in [3.63, 3.8) is 0 Å². The van der Waals surface area contributed by atoms with E-state index in [0.29, 0.717) is 0 Å². The highest BCUT2D eigenvalue weighted by Crippen LogP contribution is 2.16. The Balaban J connectivity index is 3.09. The lowest BCUT2D eigenvalue weighted by atomic mass is 10.1. The molecule has 1 aromatic rings. The van der Waals surface area contributed by atoms with Gasteiger partial charge in [0, 0.05) is 5.56 Å². The average Bonchev–Trinajstić information content (AvgIpc) is 2.51. The lowest BCUT2D eigenvalue weighted by Gasteiger charge is -1.96. The van der Waals surface area contributed by atoms with Crippen LogP contribution in [0.1, 0.15) is 18.2 Å². The van der Waals surface area contributed by atoms with Crippen LogP contribution in [0.4, 0.5) is 0 Å². The van der Waals surface area contributed by atoms with Crippen molar-refractivity contribution in [3.05, 3.63) is 42.8 Å². The Morgan fingerprint density at radius 1 is 1.58 bits per heavy atom. The van der Waals surface area contributed by atoms with Crippen molar-refractivity contribution in [3.8, 4) is 0 Å². The third-order valence-corrected chi connectivity index (χ3v) is 1.67. The van der Waals surface area contributed by atoms with Gasteiger partial charge in [-0.05, 0) is 18.6 Å². The molecule has 0 radical (unpaired) electrons. The SMILES string of the molecule is C=C/C=C(/C)c1cn[nH]c1C=C. The molecule has 0 fully saturated rings. The lowest BCUT2D eigenvalue weighted by molar-refractivity contribution is 1.08. The van der Waals surface area contributed by atoms with Gasteiger partial charge in [0.05, 0.1) is 11.9 Å². The van der Waals surface area contributed by atoms with E-state index in [1.165, 1.54) is 0 Å². The molecule has 1 rings (SSSR count). The molecule has 12 heavy (non-hydrogen) atoms. The average molecular weight is 160 g/mol. The van der Waals surface area contributed by atoms with Gasteiger partial charge in [0.25, 0.3) is 0 Å². The van der Waals surface area contributed by atoms with Crippen LogP contribution in [0.5, 0.6) is 0 Å². The van der Waals surface area contributed by atoms with Crippen molar-refractivity contribution in [2.24, 2.45) is 0 Å². The largest absolute Gasteiger partial charge is 0.278 e. The van der Waals surface area contributed by atoms with Crippen LogP contribution >= 0.6 is 0 Å². The molecule has 0 bridgehead atoms. The number of aromatic nitrogens is 2. The van der Waals surface area contributed by atoms with Gasteiger partial charge in [0.15, 0.2) is 0 Å². The third kappa shape index (κ3) is 1.53. The molecule has 1 N–H and O–H groups in total. The fourth-order valence-electron chi connectivity index (χ4n) is 1.03. The highest BCUT2D eigenvalue weighted by molar-refractivity contribution is 5.71. The van der Waals surface area contributed by atoms with E-state index in [0.717, 1.165) is 16.8 Å². The molecule has 0 aliphatic heterocycles. The van der Waals surface area contributed by atoms with E-state index in [-0.39, 0.29) is 0 Å². The van der Waals surface area contributed by atoms with Gasteiger partial charge in [-0.15, -0.1) is 0 Å². The normalized spacial score (nSPS) is 11.2. The Bertz CT molecular complexity index is 318. The predicted octanol–water partition coefficient (Wildman–Crippen LogP) is 2.64. The number of rotatable bonds is 3. The molecule has 0 saturated carbocycles. The first kappa shape index (κ1) is 8.53. The van der Waals surface area contributed by atoms with Gasteiger partial charge in [0.1, 0.15) is 0 Å². The molecule has 2 nitrogen and oxygen atoms in total. The highest BCUT2D eigenvalue weighted by Gasteiger charge is 2.01. The molecule has 62 valence electrons. The van der Waals surface area contributed by atoms with Gasteiger partial charge in [-0.1, -0.05) is 25.3 Å². The molecule has 0 atom stereocenters. The van der Waals surface area contributed by atoms with Gasteiger partial charge in [-0.3, -0.25) is 5.10 Å². The summed E-state index contributed by atoms with van der Waals surface area (Å²) in [5, 5.41) is 6.78. The standard InChI is InChI=1S/C10H12N2/c1-4-6-8(3)9-7-11-12-10(9)5-2/h4-7H,1-2H2,3H3,(H,11,12)/b8-6-. The van der Waals surface area contributed by atoms with Crippen LogP contribution in [0.25, 0.3) is 11.6 Å². The summed E-state index contributed by atoms with van der Waals surface area (Å²) in [5.41, 5.74) is 3.16. The van der Waals surface area contributed by atoms with Gasteiger partial charge in [0.2, 0.25) is 0 Å². The van der Waals surface area contributed by atoms with Gasteiger partial charge >= 0.3 is 0 Å². The summed E-state index contributed by atoms with van der Waals surface area (Å²) in [7, 11) is 0. The van der Waals surface area contributed by atoms with E-state index < -0.39 is 0 Å². The Morgan fingerprint density at radius 2 is 2.33 bits per heavy atom. The number of aromatic amines is 1. The molecule has 0 aromatic carbocycles. The second-order valence-electron chi connectivity index (χ2n) is 2.49. The molecule has 1 heterocycles. The monoisotopic (exact) mass is 160 g/mol. The van der Waals surface area contributed by atoms with Crippen LogP contribution in [0.3, 0.4) is 0 Å². The number of allylic oxidation sites excluding steroid dienone is 3. The highest BCUT2D eigenvalue weighted by atomic mass is 15.1. The summed E-state index contributed by atoms with van der Waals surface area (Å²) >= 11 is 0. The second kappa shape index (κ2) is 3.72. The first-order valence-corrected chi connectivity index (χ1v) is 3.75.